The van der Waals surface area contributed by atoms with E-state index in [1.54, 1.807) is 0 Å². The van der Waals surface area contributed by atoms with Crippen LogP contribution in [-0.4, -0.2) is 9.97 Å². The van der Waals surface area contributed by atoms with E-state index in [1.807, 2.05) is 42.5 Å². The van der Waals surface area contributed by atoms with Gasteiger partial charge in [0.2, 0.25) is 5.95 Å². The molecule has 106 valence electrons. The normalized spacial score (nSPS) is 10.7. The van der Waals surface area contributed by atoms with E-state index in [9.17, 15) is 0 Å². The molecule has 1 aromatic heterocycles. The number of benzene rings is 2. The second-order valence-electron chi connectivity index (χ2n) is 4.68. The zero-order chi connectivity index (χ0) is 14.8. The Kier molecular flexibility index (Phi) is 3.50. The second-order valence-corrected chi connectivity index (χ2v) is 5.12. The van der Waals surface area contributed by atoms with Crippen molar-refractivity contribution in [3.8, 4) is 0 Å². The van der Waals surface area contributed by atoms with Gasteiger partial charge in [-0.25, -0.2) is 4.98 Å². The molecule has 6 heteroatoms. The van der Waals surface area contributed by atoms with E-state index in [2.05, 4.69) is 15.3 Å². The van der Waals surface area contributed by atoms with Crippen molar-refractivity contribution in [2.45, 2.75) is 6.54 Å². The fourth-order valence-corrected chi connectivity index (χ4v) is 2.32. The molecule has 5 nitrogen and oxygen atoms in total. The van der Waals surface area contributed by atoms with Crippen LogP contribution in [0, 0.1) is 0 Å². The number of fused-ring (bicyclic) bond motifs is 1. The van der Waals surface area contributed by atoms with Gasteiger partial charge >= 0.3 is 0 Å². The van der Waals surface area contributed by atoms with Gasteiger partial charge in [-0.3, -0.25) is 0 Å². The number of nitrogens with one attached hydrogen (secondary N) is 1. The van der Waals surface area contributed by atoms with Gasteiger partial charge < -0.3 is 16.8 Å². The van der Waals surface area contributed by atoms with Gasteiger partial charge in [0.25, 0.3) is 0 Å². The third kappa shape index (κ3) is 2.98. The highest BCUT2D eigenvalue weighted by Gasteiger charge is 2.04. The predicted octanol–water partition coefficient (Wildman–Crippen LogP) is 3.06. The van der Waals surface area contributed by atoms with Crippen molar-refractivity contribution in [1.29, 1.82) is 0 Å². The van der Waals surface area contributed by atoms with E-state index < -0.39 is 0 Å². The monoisotopic (exact) mass is 299 g/mol. The zero-order valence-electron chi connectivity index (χ0n) is 11.2. The summed E-state index contributed by atoms with van der Waals surface area (Å²) in [6.45, 7) is 0.653. The Morgan fingerprint density at radius 2 is 1.90 bits per heavy atom. The molecule has 0 unspecified atom stereocenters. The van der Waals surface area contributed by atoms with Crippen LogP contribution in [0.5, 0.6) is 0 Å². The molecular formula is C15H14ClN5. The van der Waals surface area contributed by atoms with E-state index >= 15 is 0 Å². The molecule has 5 N–H and O–H groups in total. The minimum absolute atomic E-state index is 0.185. The van der Waals surface area contributed by atoms with Crippen LogP contribution in [0.15, 0.2) is 42.5 Å². The number of nitrogens with two attached hydrogens (primary N) is 2. The smallest absolute Gasteiger partial charge is 0.222 e. The Bertz CT molecular complexity index is 803. The van der Waals surface area contributed by atoms with Crippen LogP contribution in [0.4, 0.5) is 17.5 Å². The molecular weight excluding hydrogens is 286 g/mol. The van der Waals surface area contributed by atoms with E-state index in [0.29, 0.717) is 17.4 Å². The Morgan fingerprint density at radius 1 is 1.05 bits per heavy atom. The van der Waals surface area contributed by atoms with Crippen LogP contribution in [0.2, 0.25) is 5.02 Å². The lowest BCUT2D eigenvalue weighted by molar-refractivity contribution is 1.15. The largest absolute Gasteiger partial charge is 0.383 e. The first-order valence-corrected chi connectivity index (χ1v) is 6.81. The summed E-state index contributed by atoms with van der Waals surface area (Å²) in [5.41, 5.74) is 14.2. The summed E-state index contributed by atoms with van der Waals surface area (Å²) in [5, 5.41) is 4.81. The zero-order valence-corrected chi connectivity index (χ0v) is 11.9. The van der Waals surface area contributed by atoms with Crippen molar-refractivity contribution in [2.24, 2.45) is 0 Å². The van der Waals surface area contributed by atoms with Crippen molar-refractivity contribution in [1.82, 2.24) is 9.97 Å². The molecule has 1 heterocycles. The standard InChI is InChI=1S/C15H14ClN5/c16-10-2-1-3-11(7-10)19-8-9-4-5-13-12(6-9)14(17)21-15(18)20-13/h1-7,19H,8H2,(H4,17,18,20,21). The highest BCUT2D eigenvalue weighted by Crippen LogP contribution is 2.21. The van der Waals surface area contributed by atoms with Crippen molar-refractivity contribution in [3.05, 3.63) is 53.1 Å². The summed E-state index contributed by atoms with van der Waals surface area (Å²) in [7, 11) is 0. The van der Waals surface area contributed by atoms with Crippen molar-refractivity contribution in [2.75, 3.05) is 16.8 Å². The lowest BCUT2D eigenvalue weighted by Gasteiger charge is -2.09. The average Bonchev–Trinajstić information content (AvgIpc) is 2.45. The van der Waals surface area contributed by atoms with Gasteiger partial charge in [-0.05, 0) is 35.9 Å². The maximum atomic E-state index is 5.96. The molecule has 21 heavy (non-hydrogen) atoms. The molecule has 0 spiro atoms. The summed E-state index contributed by atoms with van der Waals surface area (Å²) in [5.74, 6) is 0.576. The van der Waals surface area contributed by atoms with Crippen LogP contribution >= 0.6 is 11.6 Å². The van der Waals surface area contributed by atoms with E-state index in [4.69, 9.17) is 23.1 Å². The molecule has 0 bridgehead atoms. The Balaban J connectivity index is 1.85. The van der Waals surface area contributed by atoms with Gasteiger partial charge in [0.15, 0.2) is 0 Å². The van der Waals surface area contributed by atoms with Crippen molar-refractivity contribution >= 4 is 40.0 Å². The Labute approximate surface area is 127 Å². The number of nitrogens with zero attached hydrogens (tertiary/aromatic N) is 2. The first-order valence-electron chi connectivity index (χ1n) is 6.43. The molecule has 0 aliphatic carbocycles. The SMILES string of the molecule is Nc1nc(N)c2cc(CNc3cccc(Cl)c3)ccc2n1. The van der Waals surface area contributed by atoms with Crippen molar-refractivity contribution in [3.63, 3.8) is 0 Å². The summed E-state index contributed by atoms with van der Waals surface area (Å²) >= 11 is 5.96. The Hall–Kier alpha value is -2.53. The molecule has 0 saturated carbocycles. The van der Waals surface area contributed by atoms with Gasteiger partial charge in [0, 0.05) is 22.6 Å². The second kappa shape index (κ2) is 5.46. The maximum Gasteiger partial charge on any atom is 0.222 e. The molecule has 2 aromatic carbocycles. The lowest BCUT2D eigenvalue weighted by Crippen LogP contribution is -2.02. The number of halogens is 1. The molecule has 0 atom stereocenters. The number of hydrogen-bond acceptors (Lipinski definition) is 5. The highest BCUT2D eigenvalue weighted by molar-refractivity contribution is 6.30. The molecule has 0 fully saturated rings. The lowest BCUT2D eigenvalue weighted by atomic mass is 10.1. The molecule has 3 aromatic rings. The number of nitrogen functional groups attached to an aromatic ring is 2. The fraction of sp³-hybridized carbons (Fsp3) is 0.0667. The predicted molar refractivity (Wildman–Crippen MR) is 87.1 cm³/mol. The van der Waals surface area contributed by atoms with E-state index in [1.165, 1.54) is 0 Å². The maximum absolute atomic E-state index is 5.96. The minimum Gasteiger partial charge on any atom is -0.383 e. The number of aromatic nitrogens is 2. The number of hydrogen-bond donors (Lipinski definition) is 3. The van der Waals surface area contributed by atoms with E-state index in [-0.39, 0.29) is 5.95 Å². The molecule has 3 rings (SSSR count). The first kappa shape index (κ1) is 13.5. The molecule has 0 radical (unpaired) electrons. The van der Waals surface area contributed by atoms with Gasteiger partial charge in [-0.2, -0.15) is 4.98 Å². The topological polar surface area (TPSA) is 89.8 Å². The Morgan fingerprint density at radius 3 is 2.71 bits per heavy atom. The number of rotatable bonds is 3. The quantitative estimate of drug-likeness (QED) is 0.691. The summed E-state index contributed by atoms with van der Waals surface area (Å²) in [6.07, 6.45) is 0. The summed E-state index contributed by atoms with van der Waals surface area (Å²) in [6, 6.07) is 13.4. The summed E-state index contributed by atoms with van der Waals surface area (Å²) < 4.78 is 0. The van der Waals surface area contributed by atoms with Gasteiger partial charge in [-0.15, -0.1) is 0 Å². The van der Waals surface area contributed by atoms with Gasteiger partial charge in [0.1, 0.15) is 5.82 Å². The molecule has 0 amide bonds. The van der Waals surface area contributed by atoms with Crippen LogP contribution < -0.4 is 16.8 Å². The van der Waals surface area contributed by atoms with Crippen LogP contribution in [0.25, 0.3) is 10.9 Å². The third-order valence-corrected chi connectivity index (χ3v) is 3.36. The first-order chi connectivity index (χ1) is 10.1. The molecule has 0 saturated heterocycles. The summed E-state index contributed by atoms with van der Waals surface area (Å²) in [4.78, 5) is 8.14. The van der Waals surface area contributed by atoms with Crippen LogP contribution in [0.3, 0.4) is 0 Å². The van der Waals surface area contributed by atoms with E-state index in [0.717, 1.165) is 22.2 Å². The average molecular weight is 300 g/mol. The number of anilines is 3. The highest BCUT2D eigenvalue weighted by atomic mass is 35.5. The minimum atomic E-state index is 0.185. The van der Waals surface area contributed by atoms with Crippen LogP contribution in [0.1, 0.15) is 5.56 Å². The third-order valence-electron chi connectivity index (χ3n) is 3.13. The van der Waals surface area contributed by atoms with Crippen LogP contribution in [-0.2, 0) is 6.54 Å². The van der Waals surface area contributed by atoms with Crippen molar-refractivity contribution < 1.29 is 0 Å². The molecule has 0 aliphatic rings. The van der Waals surface area contributed by atoms with Gasteiger partial charge in [0.05, 0.1) is 5.52 Å². The molecule has 0 aliphatic heterocycles. The van der Waals surface area contributed by atoms with Gasteiger partial charge in [-0.1, -0.05) is 23.7 Å². The fourth-order valence-electron chi connectivity index (χ4n) is 2.13.